The zero-order valence-corrected chi connectivity index (χ0v) is 16.6. The van der Waals surface area contributed by atoms with Crippen LogP contribution in [0.4, 0.5) is 0 Å². The fourth-order valence-corrected chi connectivity index (χ4v) is 2.56. The maximum absolute atomic E-state index is 5.34. The van der Waals surface area contributed by atoms with Gasteiger partial charge in [-0.3, -0.25) is 4.98 Å². The van der Waals surface area contributed by atoms with Gasteiger partial charge in [0.2, 0.25) is 0 Å². The van der Waals surface area contributed by atoms with Crippen LogP contribution in [0.1, 0.15) is 18.2 Å². The predicted octanol–water partition coefficient (Wildman–Crippen LogP) is 3.74. The van der Waals surface area contributed by atoms with Crippen LogP contribution < -0.4 is 10.6 Å². The molecular formula is C19H23IN4O. The molecule has 0 aliphatic heterocycles. The minimum atomic E-state index is 0. The number of furan rings is 1. The fourth-order valence-electron chi connectivity index (χ4n) is 2.56. The number of para-hydroxylation sites is 1. The van der Waals surface area contributed by atoms with Crippen LogP contribution >= 0.6 is 24.0 Å². The lowest BCUT2D eigenvalue weighted by Gasteiger charge is -2.11. The van der Waals surface area contributed by atoms with Gasteiger partial charge in [0.15, 0.2) is 5.96 Å². The lowest BCUT2D eigenvalue weighted by molar-refractivity contribution is 0.507. The second-order valence-electron chi connectivity index (χ2n) is 5.44. The van der Waals surface area contributed by atoms with Gasteiger partial charge >= 0.3 is 0 Å². The van der Waals surface area contributed by atoms with Crippen LogP contribution in [0.25, 0.3) is 10.9 Å². The molecule has 3 rings (SSSR count). The van der Waals surface area contributed by atoms with Crippen LogP contribution in [0, 0.1) is 0 Å². The standard InChI is InChI=1S/C19H22N4O.HI/c1-2-20-19(22-12-10-17-9-5-13-24-17)23-14-16-7-3-6-15-8-4-11-21-18(15)16;/h3-9,11,13H,2,10,12,14H2,1H3,(H2,20,22,23);1H. The normalized spacial score (nSPS) is 11.2. The Balaban J connectivity index is 0.00000225. The van der Waals surface area contributed by atoms with Crippen molar-refractivity contribution in [3.63, 3.8) is 0 Å². The SMILES string of the molecule is CCNC(=NCc1cccc2cccnc12)NCCc1ccco1.I. The van der Waals surface area contributed by atoms with Crippen molar-refractivity contribution in [2.45, 2.75) is 19.9 Å². The van der Waals surface area contributed by atoms with Gasteiger partial charge in [-0.15, -0.1) is 24.0 Å². The maximum Gasteiger partial charge on any atom is 0.191 e. The Bertz CT molecular complexity index is 797. The second kappa shape index (κ2) is 10.0. The van der Waals surface area contributed by atoms with Crippen molar-refractivity contribution in [3.8, 4) is 0 Å². The minimum Gasteiger partial charge on any atom is -0.469 e. The number of pyridine rings is 1. The molecule has 0 saturated heterocycles. The molecule has 132 valence electrons. The molecule has 5 nitrogen and oxygen atoms in total. The summed E-state index contributed by atoms with van der Waals surface area (Å²) in [5, 5.41) is 7.74. The van der Waals surface area contributed by atoms with Gasteiger partial charge in [0.25, 0.3) is 0 Å². The highest BCUT2D eigenvalue weighted by molar-refractivity contribution is 14.0. The largest absolute Gasteiger partial charge is 0.469 e. The third-order valence-electron chi connectivity index (χ3n) is 3.71. The summed E-state index contributed by atoms with van der Waals surface area (Å²) in [4.78, 5) is 9.16. The first-order chi connectivity index (χ1) is 11.9. The quantitative estimate of drug-likeness (QED) is 0.341. The number of guanidine groups is 1. The number of halogens is 1. The molecule has 0 saturated carbocycles. The molecule has 2 heterocycles. The topological polar surface area (TPSA) is 62.5 Å². The van der Waals surface area contributed by atoms with Crippen LogP contribution in [-0.4, -0.2) is 24.0 Å². The van der Waals surface area contributed by atoms with E-state index in [-0.39, 0.29) is 24.0 Å². The summed E-state index contributed by atoms with van der Waals surface area (Å²) in [6, 6.07) is 14.1. The summed E-state index contributed by atoms with van der Waals surface area (Å²) in [6.45, 7) is 4.24. The molecular weight excluding hydrogens is 427 g/mol. The Kier molecular flexibility index (Phi) is 7.72. The molecule has 1 aromatic carbocycles. The van der Waals surface area contributed by atoms with Crippen LogP contribution in [0.5, 0.6) is 0 Å². The molecule has 25 heavy (non-hydrogen) atoms. The summed E-state index contributed by atoms with van der Waals surface area (Å²) in [6.07, 6.45) is 4.34. The number of benzene rings is 1. The summed E-state index contributed by atoms with van der Waals surface area (Å²) >= 11 is 0. The van der Waals surface area contributed by atoms with Crippen molar-refractivity contribution in [2.24, 2.45) is 4.99 Å². The zero-order valence-electron chi connectivity index (χ0n) is 14.2. The molecule has 0 radical (unpaired) electrons. The van der Waals surface area contributed by atoms with Gasteiger partial charge in [-0.1, -0.05) is 24.3 Å². The fraction of sp³-hybridized carbons (Fsp3) is 0.263. The number of fused-ring (bicyclic) bond motifs is 1. The van der Waals surface area contributed by atoms with E-state index in [1.54, 1.807) is 6.26 Å². The Hall–Kier alpha value is -2.09. The number of aliphatic imine (C=N–C) groups is 1. The minimum absolute atomic E-state index is 0. The van der Waals surface area contributed by atoms with Crippen LogP contribution in [-0.2, 0) is 13.0 Å². The van der Waals surface area contributed by atoms with Gasteiger partial charge in [-0.05, 0) is 30.7 Å². The van der Waals surface area contributed by atoms with E-state index in [0.717, 1.165) is 47.7 Å². The molecule has 0 aliphatic carbocycles. The maximum atomic E-state index is 5.34. The van der Waals surface area contributed by atoms with Gasteiger partial charge < -0.3 is 15.1 Å². The second-order valence-corrected chi connectivity index (χ2v) is 5.44. The van der Waals surface area contributed by atoms with E-state index in [1.165, 1.54) is 0 Å². The number of hydrogen-bond donors (Lipinski definition) is 2. The highest BCUT2D eigenvalue weighted by Crippen LogP contribution is 2.16. The first kappa shape index (κ1) is 19.2. The molecule has 0 atom stereocenters. The highest BCUT2D eigenvalue weighted by atomic mass is 127. The van der Waals surface area contributed by atoms with Crippen molar-refractivity contribution >= 4 is 40.8 Å². The number of rotatable bonds is 6. The third-order valence-corrected chi connectivity index (χ3v) is 3.71. The lowest BCUT2D eigenvalue weighted by atomic mass is 10.1. The Labute approximate surface area is 165 Å². The first-order valence-corrected chi connectivity index (χ1v) is 8.24. The molecule has 0 aliphatic rings. The van der Waals surface area contributed by atoms with Crippen molar-refractivity contribution < 1.29 is 4.42 Å². The summed E-state index contributed by atoms with van der Waals surface area (Å²) in [5.74, 6) is 1.77. The van der Waals surface area contributed by atoms with Crippen LogP contribution in [0.2, 0.25) is 0 Å². The molecule has 0 unspecified atom stereocenters. The molecule has 3 aromatic rings. The molecule has 2 N–H and O–H groups in total. The molecule has 6 heteroatoms. The summed E-state index contributed by atoms with van der Waals surface area (Å²) < 4.78 is 5.34. The number of aromatic nitrogens is 1. The number of hydrogen-bond acceptors (Lipinski definition) is 3. The molecule has 2 aromatic heterocycles. The molecule has 0 bridgehead atoms. The Morgan fingerprint density at radius 1 is 1.12 bits per heavy atom. The number of nitrogens with one attached hydrogen (secondary N) is 2. The average Bonchev–Trinajstić information content (AvgIpc) is 3.13. The van der Waals surface area contributed by atoms with E-state index in [4.69, 9.17) is 4.42 Å². The van der Waals surface area contributed by atoms with Crippen molar-refractivity contribution in [1.29, 1.82) is 0 Å². The zero-order chi connectivity index (χ0) is 16.6. The van der Waals surface area contributed by atoms with Crippen LogP contribution in [0.15, 0.2) is 64.3 Å². The first-order valence-electron chi connectivity index (χ1n) is 8.24. The van der Waals surface area contributed by atoms with Crippen molar-refractivity contribution in [3.05, 3.63) is 66.2 Å². The van der Waals surface area contributed by atoms with E-state index in [2.05, 4.69) is 45.7 Å². The summed E-state index contributed by atoms with van der Waals surface area (Å²) in [5.41, 5.74) is 2.13. The van der Waals surface area contributed by atoms with E-state index >= 15 is 0 Å². The molecule has 0 spiro atoms. The van der Waals surface area contributed by atoms with Crippen molar-refractivity contribution in [2.75, 3.05) is 13.1 Å². The van der Waals surface area contributed by atoms with Gasteiger partial charge in [-0.25, -0.2) is 4.99 Å². The molecule has 0 amide bonds. The highest BCUT2D eigenvalue weighted by Gasteiger charge is 2.03. The Morgan fingerprint density at radius 3 is 2.80 bits per heavy atom. The summed E-state index contributed by atoms with van der Waals surface area (Å²) in [7, 11) is 0. The van der Waals surface area contributed by atoms with Gasteiger partial charge in [-0.2, -0.15) is 0 Å². The van der Waals surface area contributed by atoms with E-state index < -0.39 is 0 Å². The molecule has 0 fully saturated rings. The number of nitrogens with zero attached hydrogens (tertiary/aromatic N) is 2. The van der Waals surface area contributed by atoms with E-state index in [1.807, 2.05) is 30.5 Å². The lowest BCUT2D eigenvalue weighted by Crippen LogP contribution is -2.38. The van der Waals surface area contributed by atoms with Crippen molar-refractivity contribution in [1.82, 2.24) is 15.6 Å². The van der Waals surface area contributed by atoms with Crippen LogP contribution in [0.3, 0.4) is 0 Å². The predicted molar refractivity (Wildman–Crippen MR) is 112 cm³/mol. The Morgan fingerprint density at radius 2 is 2.00 bits per heavy atom. The third kappa shape index (κ3) is 5.45. The van der Waals surface area contributed by atoms with E-state index in [9.17, 15) is 0 Å². The van der Waals surface area contributed by atoms with Gasteiger partial charge in [0.1, 0.15) is 5.76 Å². The average molecular weight is 450 g/mol. The monoisotopic (exact) mass is 450 g/mol. The van der Waals surface area contributed by atoms with Gasteiger partial charge in [0.05, 0.1) is 18.3 Å². The van der Waals surface area contributed by atoms with E-state index in [0.29, 0.717) is 6.54 Å². The van der Waals surface area contributed by atoms with Gasteiger partial charge in [0, 0.05) is 31.1 Å². The smallest absolute Gasteiger partial charge is 0.191 e.